The van der Waals surface area contributed by atoms with Crippen LogP contribution in [0.3, 0.4) is 0 Å². The minimum atomic E-state index is -0.456. The number of ether oxygens (including phenoxy) is 2. The number of nitrogens with zero attached hydrogens (tertiary/aromatic N) is 2. The van der Waals surface area contributed by atoms with Gasteiger partial charge in [0.25, 0.3) is 5.69 Å². The lowest BCUT2D eigenvalue weighted by atomic mass is 10.3. The Morgan fingerprint density at radius 2 is 1.84 bits per heavy atom. The topological polar surface area (TPSA) is 74.5 Å². The molecule has 0 N–H and O–H groups in total. The molecule has 3 rings (SSSR count). The van der Waals surface area contributed by atoms with Crippen LogP contribution in [0.4, 0.5) is 5.69 Å². The van der Waals surface area contributed by atoms with Crippen LogP contribution in [0.15, 0.2) is 53.9 Å². The highest BCUT2D eigenvalue weighted by molar-refractivity contribution is 7.09. The van der Waals surface area contributed by atoms with Crippen molar-refractivity contribution in [2.75, 3.05) is 0 Å². The molecule has 0 unspecified atom stereocenters. The van der Waals surface area contributed by atoms with E-state index in [2.05, 4.69) is 4.98 Å². The molecule has 128 valence electrons. The number of rotatable bonds is 7. The molecule has 0 saturated carbocycles. The lowest BCUT2D eigenvalue weighted by Crippen LogP contribution is -1.99. The van der Waals surface area contributed by atoms with E-state index < -0.39 is 4.92 Å². The molecule has 1 heterocycles. The SMILES string of the molecule is O=[N+]([O-])c1cccc(OCc2csc(COc3ccc(Cl)cc3)n2)c1. The number of aromatic nitrogens is 1. The third-order valence-corrected chi connectivity index (χ3v) is 4.31. The number of nitro benzene ring substituents is 1. The quantitative estimate of drug-likeness (QED) is 0.434. The molecule has 0 atom stereocenters. The van der Waals surface area contributed by atoms with E-state index in [9.17, 15) is 10.1 Å². The Bertz CT molecular complexity index is 867. The predicted molar refractivity (Wildman–Crippen MR) is 95.3 cm³/mol. The molecular weight excluding hydrogens is 364 g/mol. The molecule has 0 fully saturated rings. The van der Waals surface area contributed by atoms with Crippen LogP contribution in [0.5, 0.6) is 11.5 Å². The summed E-state index contributed by atoms with van der Waals surface area (Å²) in [6.45, 7) is 0.585. The van der Waals surface area contributed by atoms with E-state index in [-0.39, 0.29) is 12.3 Å². The van der Waals surface area contributed by atoms with Gasteiger partial charge >= 0.3 is 0 Å². The van der Waals surface area contributed by atoms with E-state index in [0.717, 1.165) is 10.7 Å². The van der Waals surface area contributed by atoms with Crippen LogP contribution in [-0.2, 0) is 13.2 Å². The molecule has 0 spiro atoms. The van der Waals surface area contributed by atoms with E-state index in [1.165, 1.54) is 23.5 Å². The first-order valence-corrected chi connectivity index (χ1v) is 8.55. The first-order chi connectivity index (χ1) is 12.1. The second-order valence-corrected chi connectivity index (χ2v) is 6.40. The molecular formula is C17H13ClN2O4S. The van der Waals surface area contributed by atoms with Gasteiger partial charge in [0.05, 0.1) is 16.7 Å². The minimum absolute atomic E-state index is 0.00664. The van der Waals surface area contributed by atoms with Gasteiger partial charge in [0.2, 0.25) is 0 Å². The minimum Gasteiger partial charge on any atom is -0.487 e. The Hall–Kier alpha value is -2.64. The maximum Gasteiger partial charge on any atom is 0.273 e. The van der Waals surface area contributed by atoms with Crippen molar-refractivity contribution in [2.24, 2.45) is 0 Å². The largest absolute Gasteiger partial charge is 0.487 e. The second-order valence-electron chi connectivity index (χ2n) is 5.02. The Labute approximate surface area is 152 Å². The van der Waals surface area contributed by atoms with Gasteiger partial charge in [-0.2, -0.15) is 0 Å². The third kappa shape index (κ3) is 4.91. The van der Waals surface area contributed by atoms with E-state index in [1.54, 1.807) is 36.4 Å². The highest BCUT2D eigenvalue weighted by atomic mass is 35.5. The smallest absolute Gasteiger partial charge is 0.273 e. The summed E-state index contributed by atoms with van der Waals surface area (Å²) in [5.41, 5.74) is 0.735. The summed E-state index contributed by atoms with van der Waals surface area (Å²) in [7, 11) is 0. The molecule has 0 aliphatic carbocycles. The van der Waals surface area contributed by atoms with E-state index in [0.29, 0.717) is 23.1 Å². The van der Waals surface area contributed by atoms with E-state index >= 15 is 0 Å². The fourth-order valence-corrected chi connectivity index (χ4v) is 2.82. The maximum atomic E-state index is 10.8. The van der Waals surface area contributed by atoms with Crippen molar-refractivity contribution in [3.05, 3.63) is 79.7 Å². The molecule has 0 amide bonds. The van der Waals surface area contributed by atoms with Crippen molar-refractivity contribution >= 4 is 28.6 Å². The number of hydrogen-bond acceptors (Lipinski definition) is 6. The van der Waals surface area contributed by atoms with Gasteiger partial charge in [-0.05, 0) is 30.3 Å². The fourth-order valence-electron chi connectivity index (χ4n) is 2.00. The molecule has 0 radical (unpaired) electrons. The highest BCUT2D eigenvalue weighted by Gasteiger charge is 2.08. The van der Waals surface area contributed by atoms with Gasteiger partial charge in [-0.25, -0.2) is 4.98 Å². The van der Waals surface area contributed by atoms with Crippen molar-refractivity contribution in [3.63, 3.8) is 0 Å². The van der Waals surface area contributed by atoms with Crippen molar-refractivity contribution in [1.82, 2.24) is 4.98 Å². The number of hydrogen-bond donors (Lipinski definition) is 0. The third-order valence-electron chi connectivity index (χ3n) is 3.19. The summed E-state index contributed by atoms with van der Waals surface area (Å²) < 4.78 is 11.2. The fraction of sp³-hybridized carbons (Fsp3) is 0.118. The Morgan fingerprint density at radius 1 is 1.08 bits per heavy atom. The van der Waals surface area contributed by atoms with Crippen molar-refractivity contribution < 1.29 is 14.4 Å². The number of non-ortho nitro benzene ring substituents is 1. The standard InChI is InChI=1S/C17H13ClN2O4S/c18-12-4-6-15(7-5-12)24-10-17-19-13(11-25-17)9-23-16-3-1-2-14(8-16)20(21)22/h1-8,11H,9-10H2. The van der Waals surface area contributed by atoms with Gasteiger partial charge in [0, 0.05) is 16.5 Å². The number of benzene rings is 2. The summed E-state index contributed by atoms with van der Waals surface area (Å²) >= 11 is 7.29. The zero-order valence-corrected chi connectivity index (χ0v) is 14.5. The van der Waals surface area contributed by atoms with Gasteiger partial charge in [0.1, 0.15) is 29.7 Å². The van der Waals surface area contributed by atoms with E-state index in [1.807, 2.05) is 5.38 Å². The molecule has 0 aliphatic rings. The van der Waals surface area contributed by atoms with Crippen LogP contribution in [0.2, 0.25) is 5.02 Å². The van der Waals surface area contributed by atoms with Crippen molar-refractivity contribution in [3.8, 4) is 11.5 Å². The van der Waals surface area contributed by atoms with Crippen LogP contribution in [0.25, 0.3) is 0 Å². The molecule has 25 heavy (non-hydrogen) atoms. The molecule has 0 saturated heterocycles. The average Bonchev–Trinajstić information content (AvgIpc) is 3.08. The number of halogens is 1. The Balaban J connectivity index is 1.54. The Morgan fingerprint density at radius 3 is 2.60 bits per heavy atom. The van der Waals surface area contributed by atoms with Gasteiger partial charge in [-0.1, -0.05) is 17.7 Å². The average molecular weight is 377 g/mol. The van der Waals surface area contributed by atoms with Crippen LogP contribution in [0.1, 0.15) is 10.7 Å². The summed E-state index contributed by atoms with van der Waals surface area (Å²) in [5, 5.41) is 14.1. The van der Waals surface area contributed by atoms with Gasteiger partial charge in [-0.3, -0.25) is 10.1 Å². The van der Waals surface area contributed by atoms with Gasteiger partial charge < -0.3 is 9.47 Å². The number of thiazole rings is 1. The molecule has 6 nitrogen and oxygen atoms in total. The molecule has 0 aliphatic heterocycles. The summed E-state index contributed by atoms with van der Waals surface area (Å²) in [5.74, 6) is 1.15. The van der Waals surface area contributed by atoms with Gasteiger partial charge in [0.15, 0.2) is 0 Å². The summed E-state index contributed by atoms with van der Waals surface area (Å²) in [4.78, 5) is 14.7. The lowest BCUT2D eigenvalue weighted by Gasteiger charge is -2.04. The normalized spacial score (nSPS) is 10.4. The molecule has 3 aromatic rings. The molecule has 1 aromatic heterocycles. The molecule has 2 aromatic carbocycles. The highest BCUT2D eigenvalue weighted by Crippen LogP contribution is 2.21. The number of nitro groups is 1. The van der Waals surface area contributed by atoms with Gasteiger partial charge in [-0.15, -0.1) is 11.3 Å². The summed E-state index contributed by atoms with van der Waals surface area (Å²) in [6, 6.07) is 13.2. The first-order valence-electron chi connectivity index (χ1n) is 7.29. The zero-order valence-electron chi connectivity index (χ0n) is 12.9. The maximum absolute atomic E-state index is 10.8. The first kappa shape index (κ1) is 17.2. The second kappa shape index (κ2) is 7.96. The lowest BCUT2D eigenvalue weighted by molar-refractivity contribution is -0.384. The molecule has 0 bridgehead atoms. The Kier molecular flexibility index (Phi) is 5.47. The van der Waals surface area contributed by atoms with Crippen LogP contribution in [0, 0.1) is 10.1 Å². The zero-order chi connectivity index (χ0) is 17.6. The van der Waals surface area contributed by atoms with Crippen LogP contribution in [-0.4, -0.2) is 9.91 Å². The van der Waals surface area contributed by atoms with Crippen molar-refractivity contribution in [1.29, 1.82) is 0 Å². The van der Waals surface area contributed by atoms with Crippen molar-refractivity contribution in [2.45, 2.75) is 13.2 Å². The van der Waals surface area contributed by atoms with E-state index in [4.69, 9.17) is 21.1 Å². The van der Waals surface area contributed by atoms with Crippen LogP contribution < -0.4 is 9.47 Å². The van der Waals surface area contributed by atoms with Crippen LogP contribution >= 0.6 is 22.9 Å². The predicted octanol–water partition coefficient (Wildman–Crippen LogP) is 4.86. The monoisotopic (exact) mass is 376 g/mol. The summed E-state index contributed by atoms with van der Waals surface area (Å²) in [6.07, 6.45) is 0. The molecule has 8 heteroatoms.